The Morgan fingerprint density at radius 1 is 1.31 bits per heavy atom. The summed E-state index contributed by atoms with van der Waals surface area (Å²) in [6.45, 7) is 0. The molecule has 2 rings (SSSR count). The summed E-state index contributed by atoms with van der Waals surface area (Å²) in [4.78, 5) is 4.23. The van der Waals surface area contributed by atoms with Crippen LogP contribution in [0.2, 0.25) is 5.15 Å². The molecule has 0 amide bonds. The van der Waals surface area contributed by atoms with Gasteiger partial charge in [-0.1, -0.05) is 11.6 Å². The van der Waals surface area contributed by atoms with Crippen LogP contribution < -0.4 is 0 Å². The molecule has 1 heterocycles. The Bertz CT molecular complexity index is 472. The molecule has 0 aliphatic rings. The summed E-state index contributed by atoms with van der Waals surface area (Å²) in [6.07, 6.45) is 0. The van der Waals surface area contributed by atoms with Crippen molar-refractivity contribution in [3.05, 3.63) is 37.5 Å². The Morgan fingerprint density at radius 2 is 2.08 bits per heavy atom. The van der Waals surface area contributed by atoms with Crippen molar-refractivity contribution in [2.24, 2.45) is 0 Å². The minimum Gasteiger partial charge on any atom is -0.235 e. The van der Waals surface area contributed by atoms with E-state index >= 15 is 0 Å². The highest BCUT2D eigenvalue weighted by atomic mass is 127. The van der Waals surface area contributed by atoms with Crippen molar-refractivity contribution in [1.29, 1.82) is 0 Å². The largest absolute Gasteiger partial charge is 0.235 e. The summed E-state index contributed by atoms with van der Waals surface area (Å²) in [5.74, 6) is 0. The van der Waals surface area contributed by atoms with E-state index in [2.05, 4.69) is 49.6 Å². The molecule has 0 unspecified atom stereocenters. The summed E-state index contributed by atoms with van der Waals surface area (Å²) in [6, 6.07) is 8.03. The summed E-state index contributed by atoms with van der Waals surface area (Å²) < 4.78 is 2.03. The van der Waals surface area contributed by atoms with Crippen LogP contribution in [0.4, 0.5) is 0 Å². The van der Waals surface area contributed by atoms with Crippen molar-refractivity contribution in [1.82, 2.24) is 4.98 Å². The molecular formula is C9H4BrClIN. The zero-order valence-corrected chi connectivity index (χ0v) is 10.9. The molecule has 0 aliphatic carbocycles. The second-order valence-corrected chi connectivity index (χ2v) is 5.06. The predicted octanol–water partition coefficient (Wildman–Crippen LogP) is 4.26. The summed E-state index contributed by atoms with van der Waals surface area (Å²) in [5.41, 5.74) is 0.925. The Morgan fingerprint density at radius 3 is 2.85 bits per heavy atom. The van der Waals surface area contributed by atoms with E-state index in [1.54, 1.807) is 0 Å². The van der Waals surface area contributed by atoms with Gasteiger partial charge in [-0.25, -0.2) is 4.98 Å². The molecular weight excluding hydrogens is 364 g/mol. The van der Waals surface area contributed by atoms with Gasteiger partial charge in [-0.2, -0.15) is 0 Å². The highest BCUT2D eigenvalue weighted by Crippen LogP contribution is 2.25. The Labute approximate surface area is 103 Å². The third kappa shape index (κ3) is 1.97. The maximum absolute atomic E-state index is 5.87. The number of hydrogen-bond donors (Lipinski definition) is 0. The molecule has 1 aromatic carbocycles. The third-order valence-electron chi connectivity index (χ3n) is 1.69. The van der Waals surface area contributed by atoms with Crippen LogP contribution in [0.3, 0.4) is 0 Å². The van der Waals surface area contributed by atoms with Crippen LogP contribution in [-0.2, 0) is 0 Å². The van der Waals surface area contributed by atoms with E-state index < -0.39 is 0 Å². The van der Waals surface area contributed by atoms with Crippen molar-refractivity contribution >= 4 is 61.0 Å². The fourth-order valence-corrected chi connectivity index (χ4v) is 2.09. The fourth-order valence-electron chi connectivity index (χ4n) is 1.10. The van der Waals surface area contributed by atoms with E-state index in [9.17, 15) is 0 Å². The molecule has 4 heteroatoms. The van der Waals surface area contributed by atoms with Gasteiger partial charge in [0.05, 0.1) is 9.99 Å². The average molecular weight is 368 g/mol. The first kappa shape index (κ1) is 9.68. The molecule has 0 saturated heterocycles. The van der Waals surface area contributed by atoms with Crippen LogP contribution in [0.5, 0.6) is 0 Å². The smallest absolute Gasteiger partial charge is 0.143 e. The lowest BCUT2D eigenvalue weighted by Gasteiger charge is -2.00. The highest BCUT2D eigenvalue weighted by Gasteiger charge is 2.01. The Kier molecular flexibility index (Phi) is 2.76. The first-order chi connectivity index (χ1) is 6.16. The van der Waals surface area contributed by atoms with Gasteiger partial charge in [-0.05, 0) is 62.8 Å². The molecule has 0 atom stereocenters. The van der Waals surface area contributed by atoms with Gasteiger partial charge in [-0.15, -0.1) is 0 Å². The second-order valence-electron chi connectivity index (χ2n) is 2.60. The van der Waals surface area contributed by atoms with Gasteiger partial charge in [0.2, 0.25) is 0 Å². The summed E-state index contributed by atoms with van der Waals surface area (Å²) >= 11 is 11.5. The number of benzene rings is 1. The molecule has 2 aromatic rings. The van der Waals surface area contributed by atoms with Crippen molar-refractivity contribution < 1.29 is 0 Å². The van der Waals surface area contributed by atoms with Gasteiger partial charge in [0.15, 0.2) is 0 Å². The molecule has 0 spiro atoms. The van der Waals surface area contributed by atoms with Crippen LogP contribution in [-0.4, -0.2) is 4.98 Å². The van der Waals surface area contributed by atoms with Crippen molar-refractivity contribution in [3.8, 4) is 0 Å². The molecule has 0 fully saturated rings. The van der Waals surface area contributed by atoms with E-state index in [-0.39, 0.29) is 0 Å². The zero-order valence-electron chi connectivity index (χ0n) is 6.39. The first-order valence-electron chi connectivity index (χ1n) is 3.58. The number of pyridine rings is 1. The van der Waals surface area contributed by atoms with Crippen LogP contribution >= 0.6 is 50.1 Å². The number of hydrogen-bond acceptors (Lipinski definition) is 1. The van der Waals surface area contributed by atoms with Gasteiger partial charge < -0.3 is 0 Å². The van der Waals surface area contributed by atoms with Gasteiger partial charge in [0.1, 0.15) is 5.15 Å². The van der Waals surface area contributed by atoms with E-state index in [0.29, 0.717) is 5.15 Å². The lowest BCUT2D eigenvalue weighted by Crippen LogP contribution is -1.82. The van der Waals surface area contributed by atoms with Crippen LogP contribution in [0.25, 0.3) is 10.9 Å². The minimum absolute atomic E-state index is 0.508. The monoisotopic (exact) mass is 367 g/mol. The van der Waals surface area contributed by atoms with E-state index in [1.165, 1.54) is 3.57 Å². The van der Waals surface area contributed by atoms with Crippen LogP contribution in [0.15, 0.2) is 28.7 Å². The number of halogens is 3. The lowest BCUT2D eigenvalue weighted by molar-refractivity contribution is 1.39. The topological polar surface area (TPSA) is 12.9 Å². The first-order valence-corrected chi connectivity index (χ1v) is 5.83. The van der Waals surface area contributed by atoms with E-state index in [0.717, 1.165) is 15.4 Å². The van der Waals surface area contributed by atoms with Crippen molar-refractivity contribution in [3.63, 3.8) is 0 Å². The van der Waals surface area contributed by atoms with Crippen LogP contribution in [0.1, 0.15) is 0 Å². The second kappa shape index (κ2) is 3.71. The summed E-state index contributed by atoms with van der Waals surface area (Å²) in [5, 5.41) is 1.61. The van der Waals surface area contributed by atoms with Gasteiger partial charge in [-0.3, -0.25) is 0 Å². The van der Waals surface area contributed by atoms with Crippen molar-refractivity contribution in [2.45, 2.75) is 0 Å². The summed E-state index contributed by atoms with van der Waals surface area (Å²) in [7, 11) is 0. The lowest BCUT2D eigenvalue weighted by atomic mass is 10.2. The number of rotatable bonds is 0. The maximum atomic E-state index is 5.87. The normalized spacial score (nSPS) is 10.7. The number of nitrogens with zero attached hydrogens (tertiary/aromatic N) is 1. The maximum Gasteiger partial charge on any atom is 0.143 e. The SMILES string of the molecule is Clc1nc2ccc(I)cc2cc1Br. The predicted molar refractivity (Wildman–Crippen MR) is 67.2 cm³/mol. The average Bonchev–Trinajstić information content (AvgIpc) is 2.08. The molecule has 0 radical (unpaired) electrons. The molecule has 1 nitrogen and oxygen atoms in total. The third-order valence-corrected chi connectivity index (χ3v) is 3.48. The quantitative estimate of drug-likeness (QED) is 0.500. The molecule has 13 heavy (non-hydrogen) atoms. The van der Waals surface area contributed by atoms with Gasteiger partial charge >= 0.3 is 0 Å². The minimum atomic E-state index is 0.508. The molecule has 0 bridgehead atoms. The van der Waals surface area contributed by atoms with Gasteiger partial charge in [0.25, 0.3) is 0 Å². The van der Waals surface area contributed by atoms with Crippen LogP contribution in [0, 0.1) is 3.57 Å². The zero-order chi connectivity index (χ0) is 9.42. The standard InChI is InChI=1S/C9H4BrClIN/c10-7-4-5-3-6(12)1-2-8(5)13-9(7)11/h1-4H. The molecule has 1 aromatic heterocycles. The molecule has 0 N–H and O–H groups in total. The number of fused-ring (bicyclic) bond motifs is 1. The Balaban J connectivity index is 2.81. The van der Waals surface area contributed by atoms with E-state index in [4.69, 9.17) is 11.6 Å². The highest BCUT2D eigenvalue weighted by molar-refractivity contribution is 14.1. The number of aromatic nitrogens is 1. The molecule has 66 valence electrons. The molecule has 0 saturated carbocycles. The fraction of sp³-hybridized carbons (Fsp3) is 0. The van der Waals surface area contributed by atoms with Gasteiger partial charge in [0, 0.05) is 8.96 Å². The van der Waals surface area contributed by atoms with Crippen molar-refractivity contribution in [2.75, 3.05) is 0 Å². The molecule has 0 aliphatic heterocycles. The van der Waals surface area contributed by atoms with E-state index in [1.807, 2.05) is 18.2 Å². The Hall–Kier alpha value is 0.130.